The highest BCUT2D eigenvalue weighted by Gasteiger charge is 2.31. The summed E-state index contributed by atoms with van der Waals surface area (Å²) >= 11 is 0. The second kappa shape index (κ2) is 12.8. The van der Waals surface area contributed by atoms with Crippen LogP contribution in [-0.4, -0.2) is 16.2 Å². The van der Waals surface area contributed by atoms with Crippen LogP contribution in [0.25, 0.3) is 27.6 Å². The van der Waals surface area contributed by atoms with E-state index in [2.05, 4.69) is 149 Å². The average molecular weight is 716 g/mol. The minimum absolute atomic E-state index is 0.0250. The SMILES string of the molecule is [2H]C([2H])([2H])c1cccc2c1N(c1cc(C(C)(C)C)cc(C(C)(C)C)c1)CN2c1cccc(Oc2ccc3c4ccccc4n(-c4cc(C(C)(C)C)ccn4)c3c2)c1. The van der Waals surface area contributed by atoms with Crippen LogP contribution in [0.15, 0.2) is 121 Å². The summed E-state index contributed by atoms with van der Waals surface area (Å²) in [5, 5.41) is 2.28. The Morgan fingerprint density at radius 3 is 1.98 bits per heavy atom. The van der Waals surface area contributed by atoms with E-state index in [1.807, 2.05) is 42.6 Å². The van der Waals surface area contributed by atoms with E-state index in [0.29, 0.717) is 29.4 Å². The van der Waals surface area contributed by atoms with E-state index in [9.17, 15) is 0 Å². The van der Waals surface area contributed by atoms with Gasteiger partial charge in [-0.15, -0.1) is 0 Å². The maximum absolute atomic E-state index is 8.57. The smallest absolute Gasteiger partial charge is 0.137 e. The van der Waals surface area contributed by atoms with Gasteiger partial charge in [0.15, 0.2) is 0 Å². The van der Waals surface area contributed by atoms with Crippen LogP contribution in [0.1, 0.15) is 88.7 Å². The van der Waals surface area contributed by atoms with Crippen LogP contribution >= 0.6 is 0 Å². The summed E-state index contributed by atoms with van der Waals surface area (Å²) in [5.74, 6) is 2.25. The van der Waals surface area contributed by atoms with Gasteiger partial charge in [-0.1, -0.05) is 105 Å². The molecule has 1 aliphatic heterocycles. The highest BCUT2D eigenvalue weighted by Crippen LogP contribution is 2.48. The molecule has 3 heterocycles. The Labute approximate surface area is 325 Å². The predicted octanol–water partition coefficient (Wildman–Crippen LogP) is 13.4. The summed E-state index contributed by atoms with van der Waals surface area (Å²) < 4.78 is 34.6. The first kappa shape index (κ1) is 31.9. The first-order chi connectivity index (χ1) is 26.8. The summed E-state index contributed by atoms with van der Waals surface area (Å²) in [4.78, 5) is 9.20. The van der Waals surface area contributed by atoms with Gasteiger partial charge in [-0.25, -0.2) is 4.98 Å². The minimum atomic E-state index is -2.30. The molecule has 0 aliphatic carbocycles. The molecule has 54 heavy (non-hydrogen) atoms. The topological polar surface area (TPSA) is 33.5 Å². The lowest BCUT2D eigenvalue weighted by Gasteiger charge is -2.29. The molecule has 0 atom stereocenters. The third-order valence-corrected chi connectivity index (χ3v) is 10.7. The van der Waals surface area contributed by atoms with Gasteiger partial charge in [-0.2, -0.15) is 0 Å². The molecular weight excluding hydrogens is 661 g/mol. The van der Waals surface area contributed by atoms with Gasteiger partial charge in [0.05, 0.1) is 22.4 Å². The Balaban J connectivity index is 1.20. The standard InChI is InChI=1S/C49H52N4O/c1-32-15-13-20-43-46(32)52(37-26-34(48(5,6)7)25-35(27-37)49(8,9)10)31-51(43)36-16-14-17-38(29-36)54-39-21-22-41-40-18-11-12-19-42(40)53(44(41)30-39)45-28-33(23-24-50-45)47(2,3)4/h11-30H,31H2,1-10H3/i1D3. The molecule has 5 heteroatoms. The Morgan fingerprint density at radius 2 is 1.26 bits per heavy atom. The zero-order valence-corrected chi connectivity index (χ0v) is 33.0. The van der Waals surface area contributed by atoms with Crippen LogP contribution in [0.2, 0.25) is 0 Å². The first-order valence-corrected chi connectivity index (χ1v) is 18.9. The van der Waals surface area contributed by atoms with E-state index in [-0.39, 0.29) is 16.2 Å². The van der Waals surface area contributed by atoms with Crippen LogP contribution in [0.4, 0.5) is 22.7 Å². The fourth-order valence-electron chi connectivity index (χ4n) is 7.50. The second-order valence-electron chi connectivity index (χ2n) is 17.7. The maximum atomic E-state index is 8.57. The van der Waals surface area contributed by atoms with Crippen molar-refractivity contribution in [2.45, 2.75) is 85.4 Å². The third-order valence-electron chi connectivity index (χ3n) is 10.7. The number of hydrogen-bond acceptors (Lipinski definition) is 4. The molecule has 5 nitrogen and oxygen atoms in total. The van der Waals surface area contributed by atoms with E-state index in [1.165, 1.54) is 16.7 Å². The first-order valence-electron chi connectivity index (χ1n) is 20.4. The van der Waals surface area contributed by atoms with Crippen molar-refractivity contribution in [2.75, 3.05) is 16.5 Å². The molecule has 0 saturated carbocycles. The normalized spacial score (nSPS) is 14.6. The lowest BCUT2D eigenvalue weighted by Crippen LogP contribution is -2.25. The van der Waals surface area contributed by atoms with Gasteiger partial charge < -0.3 is 14.5 Å². The maximum Gasteiger partial charge on any atom is 0.137 e. The molecule has 2 aromatic heterocycles. The van der Waals surface area contributed by atoms with Crippen molar-refractivity contribution in [2.24, 2.45) is 0 Å². The van der Waals surface area contributed by atoms with Crippen LogP contribution in [0.5, 0.6) is 11.5 Å². The molecule has 274 valence electrons. The van der Waals surface area contributed by atoms with Gasteiger partial charge in [0.25, 0.3) is 0 Å². The number of para-hydroxylation sites is 2. The largest absolute Gasteiger partial charge is 0.457 e. The van der Waals surface area contributed by atoms with Gasteiger partial charge in [0, 0.05) is 44.6 Å². The molecular formula is C49H52N4O. The van der Waals surface area contributed by atoms with Crippen molar-refractivity contribution in [3.63, 3.8) is 0 Å². The number of benzene rings is 5. The highest BCUT2D eigenvalue weighted by atomic mass is 16.5. The number of rotatable bonds is 5. The number of fused-ring (bicyclic) bond motifs is 4. The number of aromatic nitrogens is 2. The van der Waals surface area contributed by atoms with Crippen LogP contribution < -0.4 is 14.5 Å². The van der Waals surface area contributed by atoms with Crippen molar-refractivity contribution in [3.05, 3.63) is 144 Å². The molecule has 0 spiro atoms. The average Bonchev–Trinajstić information content (AvgIpc) is 3.70. The van der Waals surface area contributed by atoms with Gasteiger partial charge in [-0.05, 0) is 106 Å². The van der Waals surface area contributed by atoms with Crippen LogP contribution in [0, 0.1) is 6.85 Å². The van der Waals surface area contributed by atoms with Gasteiger partial charge in [0.1, 0.15) is 24.0 Å². The quantitative estimate of drug-likeness (QED) is 0.178. The molecule has 7 aromatic rings. The summed E-state index contributed by atoms with van der Waals surface area (Å²) in [7, 11) is 0. The number of hydrogen-bond donors (Lipinski definition) is 0. The molecule has 0 N–H and O–H groups in total. The van der Waals surface area contributed by atoms with Crippen molar-refractivity contribution in [1.29, 1.82) is 0 Å². The fourth-order valence-corrected chi connectivity index (χ4v) is 7.50. The van der Waals surface area contributed by atoms with Crippen molar-refractivity contribution >= 4 is 44.6 Å². The molecule has 0 unspecified atom stereocenters. The Bertz CT molecular complexity index is 2620. The summed E-state index contributed by atoms with van der Waals surface area (Å²) in [6.45, 7) is 18.1. The third kappa shape index (κ3) is 6.40. The number of pyridine rings is 1. The zero-order chi connectivity index (χ0) is 40.7. The Kier molecular flexibility index (Phi) is 7.57. The van der Waals surface area contributed by atoms with Crippen molar-refractivity contribution in [3.8, 4) is 17.3 Å². The summed E-state index contributed by atoms with van der Waals surface area (Å²) in [6, 6.07) is 39.4. The summed E-state index contributed by atoms with van der Waals surface area (Å²) in [6.07, 6.45) is 1.89. The number of anilines is 4. The second-order valence-corrected chi connectivity index (χ2v) is 17.7. The molecule has 0 saturated heterocycles. The number of nitrogens with zero attached hydrogens (tertiary/aromatic N) is 4. The highest BCUT2D eigenvalue weighted by molar-refractivity contribution is 6.09. The van der Waals surface area contributed by atoms with E-state index in [4.69, 9.17) is 13.8 Å². The molecule has 0 amide bonds. The van der Waals surface area contributed by atoms with Gasteiger partial charge in [-0.3, -0.25) is 4.57 Å². The minimum Gasteiger partial charge on any atom is -0.457 e. The Morgan fingerprint density at radius 1 is 0.574 bits per heavy atom. The molecule has 5 aromatic carbocycles. The van der Waals surface area contributed by atoms with E-state index >= 15 is 0 Å². The van der Waals surface area contributed by atoms with Crippen molar-refractivity contribution in [1.82, 2.24) is 9.55 Å². The molecule has 0 radical (unpaired) electrons. The van der Waals surface area contributed by atoms with E-state index < -0.39 is 6.85 Å². The molecule has 8 rings (SSSR count). The van der Waals surface area contributed by atoms with Gasteiger partial charge in [0.2, 0.25) is 0 Å². The lowest BCUT2D eigenvalue weighted by atomic mass is 9.80. The van der Waals surface area contributed by atoms with E-state index in [0.717, 1.165) is 44.7 Å². The zero-order valence-electron chi connectivity index (χ0n) is 36.0. The Hall–Kier alpha value is -5.55. The molecule has 0 bridgehead atoms. The van der Waals surface area contributed by atoms with Crippen molar-refractivity contribution < 1.29 is 8.85 Å². The lowest BCUT2D eigenvalue weighted by molar-refractivity contribution is 0.483. The number of aryl methyl sites for hydroxylation is 1. The fraction of sp³-hybridized carbons (Fsp3) is 0.286. The van der Waals surface area contributed by atoms with Gasteiger partial charge >= 0.3 is 0 Å². The molecule has 0 fully saturated rings. The molecule has 1 aliphatic rings. The predicted molar refractivity (Wildman–Crippen MR) is 228 cm³/mol. The summed E-state index contributed by atoms with van der Waals surface area (Å²) in [5.41, 5.74) is 9.27. The van der Waals surface area contributed by atoms with Crippen LogP contribution in [-0.2, 0) is 16.2 Å². The number of ether oxygens (including phenoxy) is 1. The monoisotopic (exact) mass is 715 g/mol. The van der Waals surface area contributed by atoms with E-state index in [1.54, 1.807) is 6.07 Å². The van der Waals surface area contributed by atoms with Crippen LogP contribution in [0.3, 0.4) is 0 Å².